The fourth-order valence-corrected chi connectivity index (χ4v) is 6.62. The van der Waals surface area contributed by atoms with Gasteiger partial charge in [0.2, 0.25) is 0 Å². The van der Waals surface area contributed by atoms with Crippen LogP contribution in [-0.2, 0) is 41.7 Å². The summed E-state index contributed by atoms with van der Waals surface area (Å²) in [4.78, 5) is 0. The summed E-state index contributed by atoms with van der Waals surface area (Å²) >= 11 is 19.9. The molecular formula is C7H14N4O4P2S4. The predicted octanol–water partition coefficient (Wildman–Crippen LogP) is 0.182. The number of hydrogen-bond donors (Lipinski definition) is 4. The van der Waals surface area contributed by atoms with Gasteiger partial charge in [0.25, 0.3) is 13.3 Å². The first-order valence-electron chi connectivity index (χ1n) is 5.60. The van der Waals surface area contributed by atoms with Crippen molar-refractivity contribution in [1.82, 2.24) is 10.2 Å². The Bertz CT molecular complexity index is 485. The first kappa shape index (κ1) is 17.9. The van der Waals surface area contributed by atoms with E-state index in [1.54, 1.807) is 0 Å². The van der Waals surface area contributed by atoms with E-state index in [0.29, 0.717) is 26.4 Å². The molecule has 0 aromatic heterocycles. The zero-order chi connectivity index (χ0) is 15.7. The van der Waals surface area contributed by atoms with Gasteiger partial charge in [0, 0.05) is 0 Å². The first-order chi connectivity index (χ1) is 9.66. The summed E-state index contributed by atoms with van der Waals surface area (Å²) in [5.74, 6) is 0. The topological polar surface area (TPSA) is 113 Å². The molecule has 0 aromatic rings. The molecule has 0 atom stereocenters. The summed E-state index contributed by atoms with van der Waals surface area (Å²) in [5.41, 5.74) is 10.3. The molecule has 2 rings (SSSR count). The van der Waals surface area contributed by atoms with Crippen LogP contribution in [0.25, 0.3) is 0 Å². The Balaban J connectivity index is 1.94. The van der Waals surface area contributed by atoms with E-state index in [-0.39, 0.29) is 10.2 Å². The van der Waals surface area contributed by atoms with Crippen molar-refractivity contribution >= 4 is 71.6 Å². The average molecular weight is 408 g/mol. The first-order valence-corrected chi connectivity index (χ1v) is 11.7. The van der Waals surface area contributed by atoms with Crippen LogP contribution in [0.15, 0.2) is 0 Å². The van der Waals surface area contributed by atoms with Crippen LogP contribution in [0.4, 0.5) is 0 Å². The van der Waals surface area contributed by atoms with Gasteiger partial charge < -0.3 is 29.6 Å². The maximum absolute atomic E-state index is 5.59. The Labute approximate surface area is 143 Å². The smallest absolute Gasteiger partial charge is 0.289 e. The van der Waals surface area contributed by atoms with Crippen LogP contribution in [0.2, 0.25) is 0 Å². The van der Waals surface area contributed by atoms with Gasteiger partial charge in [0.1, 0.15) is 0 Å². The molecule has 0 bridgehead atoms. The van der Waals surface area contributed by atoms with Crippen LogP contribution in [0.5, 0.6) is 0 Å². The van der Waals surface area contributed by atoms with E-state index in [4.69, 9.17) is 77.6 Å². The Morgan fingerprint density at radius 3 is 1.33 bits per heavy atom. The molecule has 0 unspecified atom stereocenters. The summed E-state index contributed by atoms with van der Waals surface area (Å²) in [6.45, 7) is -4.19. The van der Waals surface area contributed by atoms with Crippen LogP contribution in [0, 0.1) is 5.41 Å². The van der Waals surface area contributed by atoms with Crippen molar-refractivity contribution in [3.8, 4) is 0 Å². The molecule has 2 aliphatic rings. The number of thiocarbonyl (C=S) groups is 2. The number of hydrogen-bond acceptors (Lipinski definition) is 8. The molecule has 2 fully saturated rings. The van der Waals surface area contributed by atoms with Crippen molar-refractivity contribution < 1.29 is 18.1 Å². The quantitative estimate of drug-likeness (QED) is 0.369. The minimum Gasteiger partial charge on any atom is -0.376 e. The fraction of sp³-hybridized carbons (Fsp3) is 0.714. The molecule has 21 heavy (non-hydrogen) atoms. The summed E-state index contributed by atoms with van der Waals surface area (Å²) < 4.78 is 22.4. The minimum absolute atomic E-state index is 0.0431. The normalized spacial score (nSPS) is 39.6. The lowest BCUT2D eigenvalue weighted by molar-refractivity contribution is -0.0559. The summed E-state index contributed by atoms with van der Waals surface area (Å²) in [5, 5.41) is 5.43. The van der Waals surface area contributed by atoms with Gasteiger partial charge in [-0.05, 0) is 48.0 Å². The van der Waals surface area contributed by atoms with Crippen molar-refractivity contribution in [2.75, 3.05) is 26.4 Å². The van der Waals surface area contributed by atoms with E-state index in [2.05, 4.69) is 10.2 Å². The summed E-state index contributed by atoms with van der Waals surface area (Å²) in [7, 11) is 0. The van der Waals surface area contributed by atoms with Gasteiger partial charge >= 0.3 is 0 Å². The molecule has 0 radical (unpaired) electrons. The lowest BCUT2D eigenvalue weighted by Crippen LogP contribution is -2.48. The van der Waals surface area contributed by atoms with E-state index in [9.17, 15) is 0 Å². The van der Waals surface area contributed by atoms with Crippen molar-refractivity contribution in [2.45, 2.75) is 0 Å². The van der Waals surface area contributed by atoms with E-state index in [0.717, 1.165) is 0 Å². The number of nitrogens with one attached hydrogen (secondary N) is 2. The van der Waals surface area contributed by atoms with Crippen LogP contribution in [0.1, 0.15) is 0 Å². The van der Waals surface area contributed by atoms with E-state index < -0.39 is 18.7 Å². The average Bonchev–Trinajstić information content (AvgIpc) is 2.35. The van der Waals surface area contributed by atoms with Gasteiger partial charge in [-0.1, -0.05) is 0 Å². The lowest BCUT2D eigenvalue weighted by atomic mass is 9.93. The maximum atomic E-state index is 5.59. The molecule has 1 spiro atoms. The Kier molecular flexibility index (Phi) is 5.58. The molecule has 2 aliphatic heterocycles. The maximum Gasteiger partial charge on any atom is 0.289 e. The van der Waals surface area contributed by atoms with Crippen LogP contribution in [0.3, 0.4) is 0 Å². The van der Waals surface area contributed by atoms with Gasteiger partial charge in [-0.25, -0.2) is 0 Å². The van der Waals surface area contributed by atoms with Gasteiger partial charge in [-0.2, -0.15) is 0 Å². The molecule has 14 heteroatoms. The molecule has 2 heterocycles. The highest BCUT2D eigenvalue weighted by Crippen LogP contribution is 2.56. The molecule has 2 saturated heterocycles. The van der Waals surface area contributed by atoms with Gasteiger partial charge in [0.15, 0.2) is 10.2 Å². The van der Waals surface area contributed by atoms with Gasteiger partial charge in [0.05, 0.1) is 31.8 Å². The second-order valence-electron chi connectivity index (χ2n) is 4.54. The summed E-state index contributed by atoms with van der Waals surface area (Å²) in [6.07, 6.45) is 0. The molecule has 8 nitrogen and oxygen atoms in total. The molecule has 120 valence electrons. The monoisotopic (exact) mass is 408 g/mol. The second kappa shape index (κ2) is 6.56. The highest BCUT2D eigenvalue weighted by Gasteiger charge is 2.46. The third kappa shape index (κ3) is 4.74. The SMILES string of the molecule is NC(=S)NP1(=S)OCC2(CO1)COP(=S)(NC(N)=S)OC2. The molecule has 0 amide bonds. The second-order valence-corrected chi connectivity index (χ2v) is 11.8. The number of nitrogens with two attached hydrogens (primary N) is 2. The van der Waals surface area contributed by atoms with Crippen LogP contribution in [-0.4, -0.2) is 36.7 Å². The minimum atomic E-state index is -2.68. The zero-order valence-electron chi connectivity index (χ0n) is 10.6. The third-order valence-corrected chi connectivity index (χ3v) is 7.88. The van der Waals surface area contributed by atoms with Crippen molar-refractivity contribution in [3.05, 3.63) is 0 Å². The molecule has 0 aliphatic carbocycles. The Morgan fingerprint density at radius 2 is 1.10 bits per heavy atom. The zero-order valence-corrected chi connectivity index (χ0v) is 15.7. The van der Waals surface area contributed by atoms with Crippen LogP contribution >= 0.6 is 37.7 Å². The van der Waals surface area contributed by atoms with E-state index in [1.807, 2.05) is 0 Å². The van der Waals surface area contributed by atoms with Gasteiger partial charge in [-0.15, -0.1) is 0 Å². The van der Waals surface area contributed by atoms with Crippen LogP contribution < -0.4 is 21.6 Å². The largest absolute Gasteiger partial charge is 0.376 e. The molecular weight excluding hydrogens is 394 g/mol. The lowest BCUT2D eigenvalue weighted by Gasteiger charge is -2.44. The Hall–Kier alpha value is 0.520. The fourth-order valence-electron chi connectivity index (χ4n) is 1.61. The highest BCUT2D eigenvalue weighted by molar-refractivity contribution is 8.09. The molecule has 0 saturated carbocycles. The molecule has 0 aromatic carbocycles. The third-order valence-electron chi connectivity index (χ3n) is 2.66. The van der Waals surface area contributed by atoms with Gasteiger partial charge in [-0.3, -0.25) is 10.2 Å². The predicted molar refractivity (Wildman–Crippen MR) is 94.7 cm³/mol. The van der Waals surface area contributed by atoms with Crippen molar-refractivity contribution in [2.24, 2.45) is 16.9 Å². The van der Waals surface area contributed by atoms with Crippen molar-refractivity contribution in [1.29, 1.82) is 0 Å². The summed E-state index contributed by atoms with van der Waals surface area (Å²) in [6, 6.07) is 0. The Morgan fingerprint density at radius 1 is 0.810 bits per heavy atom. The standard InChI is InChI=1S/C7H14N4O4P2S4/c8-5(18)10-16(20)12-1-7(2-13-16)3-14-17(21,15-4-7)11-6(9)19/h1-4H2,(H3,8,10,18,20)(H3,9,11,19,21). The highest BCUT2D eigenvalue weighted by atomic mass is 32.5. The van der Waals surface area contributed by atoms with E-state index in [1.165, 1.54) is 0 Å². The number of rotatable bonds is 2. The van der Waals surface area contributed by atoms with E-state index >= 15 is 0 Å². The van der Waals surface area contributed by atoms with Crippen molar-refractivity contribution in [3.63, 3.8) is 0 Å². The molecule has 6 N–H and O–H groups in total.